The van der Waals surface area contributed by atoms with Crippen molar-refractivity contribution in [1.29, 1.82) is 0 Å². The van der Waals surface area contributed by atoms with Gasteiger partial charge >= 0.3 is 5.97 Å². The maximum Gasteiger partial charge on any atom is 0.305 e. The van der Waals surface area contributed by atoms with Gasteiger partial charge in [0.1, 0.15) is 0 Å². The molecule has 0 aliphatic carbocycles. The van der Waals surface area contributed by atoms with Gasteiger partial charge < -0.3 is 14.8 Å². The van der Waals surface area contributed by atoms with Crippen LogP contribution in [0.2, 0.25) is 0 Å². The Morgan fingerprint density at radius 2 is 2.31 bits per heavy atom. The Morgan fingerprint density at radius 1 is 1.56 bits per heavy atom. The zero-order valence-corrected chi connectivity index (χ0v) is 10.5. The molecule has 1 unspecified atom stereocenters. The number of hydrogen-bond acceptors (Lipinski definition) is 4. The third-order valence-electron chi connectivity index (χ3n) is 2.92. The average molecular weight is 229 g/mol. The SMILES string of the molecule is COC(=O)CCCNC1CCOC(C)(C)C1. The fourth-order valence-electron chi connectivity index (χ4n) is 2.05. The molecular weight excluding hydrogens is 206 g/mol. The van der Waals surface area contributed by atoms with E-state index in [0.717, 1.165) is 32.4 Å². The van der Waals surface area contributed by atoms with E-state index in [4.69, 9.17) is 4.74 Å². The molecule has 0 aromatic rings. The first-order chi connectivity index (χ1) is 7.53. The lowest BCUT2D eigenvalue weighted by atomic mass is 9.94. The van der Waals surface area contributed by atoms with E-state index >= 15 is 0 Å². The first-order valence-electron chi connectivity index (χ1n) is 5.98. The largest absolute Gasteiger partial charge is 0.469 e. The van der Waals surface area contributed by atoms with Crippen molar-refractivity contribution in [2.45, 2.75) is 51.2 Å². The summed E-state index contributed by atoms with van der Waals surface area (Å²) in [5.41, 5.74) is -0.0156. The second kappa shape index (κ2) is 6.21. The zero-order chi connectivity index (χ0) is 12.0. The molecule has 0 aromatic carbocycles. The van der Waals surface area contributed by atoms with E-state index in [1.165, 1.54) is 7.11 Å². The molecule has 0 saturated carbocycles. The van der Waals surface area contributed by atoms with Crippen molar-refractivity contribution in [1.82, 2.24) is 5.32 Å². The van der Waals surface area contributed by atoms with Gasteiger partial charge in [-0.05, 0) is 39.7 Å². The van der Waals surface area contributed by atoms with Gasteiger partial charge in [0.05, 0.1) is 12.7 Å². The van der Waals surface area contributed by atoms with E-state index in [1.54, 1.807) is 0 Å². The summed E-state index contributed by atoms with van der Waals surface area (Å²) < 4.78 is 10.2. The van der Waals surface area contributed by atoms with Crippen molar-refractivity contribution < 1.29 is 14.3 Å². The van der Waals surface area contributed by atoms with Crippen LogP contribution in [-0.2, 0) is 14.3 Å². The van der Waals surface area contributed by atoms with E-state index in [1.807, 2.05) is 0 Å². The molecule has 1 atom stereocenters. The highest BCUT2D eigenvalue weighted by molar-refractivity contribution is 5.69. The second-order valence-corrected chi connectivity index (χ2v) is 4.93. The van der Waals surface area contributed by atoms with Crippen molar-refractivity contribution in [3.8, 4) is 0 Å². The smallest absolute Gasteiger partial charge is 0.305 e. The number of ether oxygens (including phenoxy) is 2. The Balaban J connectivity index is 2.11. The summed E-state index contributed by atoms with van der Waals surface area (Å²) in [5.74, 6) is -0.130. The average Bonchev–Trinajstić information content (AvgIpc) is 2.22. The highest BCUT2D eigenvalue weighted by Crippen LogP contribution is 2.23. The molecule has 1 saturated heterocycles. The van der Waals surface area contributed by atoms with Crippen molar-refractivity contribution >= 4 is 5.97 Å². The normalized spacial score (nSPS) is 24.1. The van der Waals surface area contributed by atoms with Crippen LogP contribution < -0.4 is 5.32 Å². The van der Waals surface area contributed by atoms with Crippen LogP contribution in [0.3, 0.4) is 0 Å². The molecule has 94 valence electrons. The third kappa shape index (κ3) is 4.94. The van der Waals surface area contributed by atoms with Gasteiger partial charge in [-0.25, -0.2) is 0 Å². The number of esters is 1. The van der Waals surface area contributed by atoms with E-state index in [-0.39, 0.29) is 11.6 Å². The molecule has 0 aromatic heterocycles. The summed E-state index contributed by atoms with van der Waals surface area (Å²) in [5, 5.41) is 3.47. The van der Waals surface area contributed by atoms with Crippen LogP contribution in [0, 0.1) is 0 Å². The maximum absolute atomic E-state index is 10.9. The lowest BCUT2D eigenvalue weighted by molar-refractivity contribution is -0.140. The van der Waals surface area contributed by atoms with Crippen molar-refractivity contribution in [2.75, 3.05) is 20.3 Å². The highest BCUT2D eigenvalue weighted by atomic mass is 16.5. The Labute approximate surface area is 97.7 Å². The Bertz CT molecular complexity index is 228. The van der Waals surface area contributed by atoms with Crippen molar-refractivity contribution in [3.63, 3.8) is 0 Å². The summed E-state index contributed by atoms with van der Waals surface area (Å²) >= 11 is 0. The minimum atomic E-state index is -0.130. The summed E-state index contributed by atoms with van der Waals surface area (Å²) in [6.45, 7) is 5.93. The van der Waals surface area contributed by atoms with Gasteiger partial charge in [-0.2, -0.15) is 0 Å². The molecule has 0 amide bonds. The number of carbonyl (C=O) groups excluding carboxylic acids is 1. The highest BCUT2D eigenvalue weighted by Gasteiger charge is 2.28. The van der Waals surface area contributed by atoms with E-state index in [0.29, 0.717) is 12.5 Å². The van der Waals surface area contributed by atoms with Gasteiger partial charge in [0.15, 0.2) is 0 Å². The fraction of sp³-hybridized carbons (Fsp3) is 0.917. The number of methoxy groups -OCH3 is 1. The van der Waals surface area contributed by atoms with Crippen LogP contribution in [0.15, 0.2) is 0 Å². The van der Waals surface area contributed by atoms with E-state index in [9.17, 15) is 4.79 Å². The molecule has 0 bridgehead atoms. The number of hydrogen-bond donors (Lipinski definition) is 1. The summed E-state index contributed by atoms with van der Waals surface area (Å²) in [4.78, 5) is 10.9. The number of nitrogens with one attached hydrogen (secondary N) is 1. The number of carbonyl (C=O) groups is 1. The van der Waals surface area contributed by atoms with Crippen molar-refractivity contribution in [3.05, 3.63) is 0 Å². The fourth-order valence-corrected chi connectivity index (χ4v) is 2.05. The molecule has 1 N–H and O–H groups in total. The van der Waals surface area contributed by atoms with Gasteiger partial charge in [0.2, 0.25) is 0 Å². The van der Waals surface area contributed by atoms with Gasteiger partial charge in [-0.15, -0.1) is 0 Å². The van der Waals surface area contributed by atoms with Crippen LogP contribution in [0.4, 0.5) is 0 Å². The standard InChI is InChI=1S/C12H23NO3/c1-12(2)9-10(6-8-16-12)13-7-4-5-11(14)15-3/h10,13H,4-9H2,1-3H3. The maximum atomic E-state index is 10.9. The molecule has 1 heterocycles. The molecule has 0 spiro atoms. The molecule has 16 heavy (non-hydrogen) atoms. The minimum Gasteiger partial charge on any atom is -0.469 e. The second-order valence-electron chi connectivity index (χ2n) is 4.93. The molecule has 4 heteroatoms. The zero-order valence-electron chi connectivity index (χ0n) is 10.5. The molecule has 4 nitrogen and oxygen atoms in total. The summed E-state index contributed by atoms with van der Waals surface area (Å²) in [7, 11) is 1.43. The molecule has 1 aliphatic rings. The van der Waals surface area contributed by atoms with E-state index in [2.05, 4.69) is 23.9 Å². The molecular formula is C12H23NO3. The first kappa shape index (κ1) is 13.5. The van der Waals surface area contributed by atoms with Crippen LogP contribution in [-0.4, -0.2) is 37.9 Å². The van der Waals surface area contributed by atoms with Crippen molar-refractivity contribution in [2.24, 2.45) is 0 Å². The predicted octanol–water partition coefficient (Wildman–Crippen LogP) is 1.49. The molecule has 1 fully saturated rings. The predicted molar refractivity (Wildman–Crippen MR) is 62.3 cm³/mol. The molecule has 1 rings (SSSR count). The summed E-state index contributed by atoms with van der Waals surface area (Å²) in [6.07, 6.45) is 3.42. The van der Waals surface area contributed by atoms with Crippen LogP contribution >= 0.6 is 0 Å². The van der Waals surface area contributed by atoms with Gasteiger partial charge in [-0.1, -0.05) is 0 Å². The molecule has 1 aliphatic heterocycles. The third-order valence-corrected chi connectivity index (χ3v) is 2.92. The number of rotatable bonds is 5. The first-order valence-corrected chi connectivity index (χ1v) is 5.98. The lowest BCUT2D eigenvalue weighted by Crippen LogP contribution is -2.44. The van der Waals surface area contributed by atoms with Crippen LogP contribution in [0.1, 0.15) is 39.5 Å². The van der Waals surface area contributed by atoms with Gasteiger partial charge in [-0.3, -0.25) is 4.79 Å². The molecule has 0 radical (unpaired) electrons. The Kier molecular flexibility index (Phi) is 5.22. The van der Waals surface area contributed by atoms with Crippen LogP contribution in [0.25, 0.3) is 0 Å². The minimum absolute atomic E-state index is 0.0156. The van der Waals surface area contributed by atoms with Gasteiger partial charge in [0.25, 0.3) is 0 Å². The topological polar surface area (TPSA) is 47.6 Å². The Hall–Kier alpha value is -0.610. The Morgan fingerprint density at radius 3 is 2.94 bits per heavy atom. The quantitative estimate of drug-likeness (QED) is 0.573. The monoisotopic (exact) mass is 229 g/mol. The van der Waals surface area contributed by atoms with E-state index < -0.39 is 0 Å². The lowest BCUT2D eigenvalue weighted by Gasteiger charge is -2.36. The van der Waals surface area contributed by atoms with Gasteiger partial charge in [0, 0.05) is 19.1 Å². The van der Waals surface area contributed by atoms with Crippen LogP contribution in [0.5, 0.6) is 0 Å². The summed E-state index contributed by atoms with van der Waals surface area (Å²) in [6, 6.07) is 0.515.